The Labute approximate surface area is 119 Å². The van der Waals surface area contributed by atoms with Crippen molar-refractivity contribution in [3.8, 4) is 0 Å². The summed E-state index contributed by atoms with van der Waals surface area (Å²) in [6.07, 6.45) is 1.82. The number of para-hydroxylation sites is 2. The highest BCUT2D eigenvalue weighted by molar-refractivity contribution is 5.94. The van der Waals surface area contributed by atoms with E-state index >= 15 is 0 Å². The van der Waals surface area contributed by atoms with Crippen molar-refractivity contribution in [2.24, 2.45) is 0 Å². The van der Waals surface area contributed by atoms with Crippen LogP contribution in [0.4, 0.5) is 11.4 Å². The van der Waals surface area contributed by atoms with Crippen molar-refractivity contribution >= 4 is 17.3 Å². The van der Waals surface area contributed by atoms with Gasteiger partial charge < -0.3 is 20.1 Å². The smallest absolute Gasteiger partial charge is 0.224 e. The first-order chi connectivity index (χ1) is 9.81. The van der Waals surface area contributed by atoms with E-state index in [-0.39, 0.29) is 12.5 Å². The van der Waals surface area contributed by atoms with Gasteiger partial charge in [-0.15, -0.1) is 0 Å². The van der Waals surface area contributed by atoms with Crippen LogP contribution in [-0.2, 0) is 9.53 Å². The molecule has 0 radical (unpaired) electrons. The van der Waals surface area contributed by atoms with E-state index in [1.165, 1.54) is 0 Å². The van der Waals surface area contributed by atoms with E-state index in [2.05, 4.69) is 10.2 Å². The number of ether oxygens (including phenoxy) is 1. The van der Waals surface area contributed by atoms with Gasteiger partial charge >= 0.3 is 0 Å². The first-order valence-electron chi connectivity index (χ1n) is 7.13. The molecule has 1 aliphatic heterocycles. The third-order valence-electron chi connectivity index (χ3n) is 3.34. The van der Waals surface area contributed by atoms with Gasteiger partial charge in [0, 0.05) is 26.1 Å². The van der Waals surface area contributed by atoms with E-state index in [0.29, 0.717) is 19.3 Å². The predicted molar refractivity (Wildman–Crippen MR) is 79.0 cm³/mol. The van der Waals surface area contributed by atoms with E-state index < -0.39 is 0 Å². The molecule has 1 aromatic rings. The number of aliphatic hydroxyl groups excluding tert-OH is 1. The molecule has 2 rings (SSSR count). The van der Waals surface area contributed by atoms with Crippen LogP contribution in [0, 0.1) is 0 Å². The van der Waals surface area contributed by atoms with Gasteiger partial charge in [0.15, 0.2) is 0 Å². The second-order valence-corrected chi connectivity index (χ2v) is 4.85. The van der Waals surface area contributed by atoms with Crippen LogP contribution in [-0.4, -0.2) is 43.9 Å². The minimum absolute atomic E-state index is 0.000778. The number of benzene rings is 1. The summed E-state index contributed by atoms with van der Waals surface area (Å²) in [5, 5.41) is 11.7. The van der Waals surface area contributed by atoms with Crippen LogP contribution in [0.25, 0.3) is 0 Å². The SMILES string of the molecule is O=C(CCCCO)Nc1ccccc1N1CCOCC1. The monoisotopic (exact) mass is 278 g/mol. The molecule has 1 saturated heterocycles. The van der Waals surface area contributed by atoms with Crippen molar-refractivity contribution < 1.29 is 14.6 Å². The Bertz CT molecular complexity index is 431. The summed E-state index contributed by atoms with van der Waals surface area (Å²) in [4.78, 5) is 14.1. The van der Waals surface area contributed by atoms with Crippen LogP contribution < -0.4 is 10.2 Å². The highest BCUT2D eigenvalue weighted by Gasteiger charge is 2.15. The van der Waals surface area contributed by atoms with Crippen LogP contribution in [0.15, 0.2) is 24.3 Å². The number of amides is 1. The summed E-state index contributed by atoms with van der Waals surface area (Å²) in [7, 11) is 0. The summed E-state index contributed by atoms with van der Waals surface area (Å²) < 4.78 is 5.35. The quantitative estimate of drug-likeness (QED) is 0.776. The fourth-order valence-electron chi connectivity index (χ4n) is 2.27. The lowest BCUT2D eigenvalue weighted by molar-refractivity contribution is -0.116. The molecular weight excluding hydrogens is 256 g/mol. The first kappa shape index (κ1) is 14.8. The molecule has 0 aromatic heterocycles. The van der Waals surface area contributed by atoms with Crippen LogP contribution in [0.3, 0.4) is 0 Å². The van der Waals surface area contributed by atoms with Gasteiger partial charge in [0.1, 0.15) is 0 Å². The molecule has 20 heavy (non-hydrogen) atoms. The fourth-order valence-corrected chi connectivity index (χ4v) is 2.27. The molecule has 0 atom stereocenters. The number of nitrogens with one attached hydrogen (secondary N) is 1. The van der Waals surface area contributed by atoms with Gasteiger partial charge in [-0.25, -0.2) is 0 Å². The first-order valence-corrected chi connectivity index (χ1v) is 7.13. The average Bonchev–Trinajstić information content (AvgIpc) is 2.49. The molecular formula is C15H22N2O3. The summed E-state index contributed by atoms with van der Waals surface area (Å²) in [6, 6.07) is 7.85. The number of nitrogens with zero attached hydrogens (tertiary/aromatic N) is 1. The number of hydrogen-bond donors (Lipinski definition) is 2. The number of rotatable bonds is 6. The van der Waals surface area contributed by atoms with Gasteiger partial charge in [0.05, 0.1) is 24.6 Å². The molecule has 5 nitrogen and oxygen atoms in total. The molecule has 0 bridgehead atoms. The molecule has 1 heterocycles. The Morgan fingerprint density at radius 3 is 2.75 bits per heavy atom. The third-order valence-corrected chi connectivity index (χ3v) is 3.34. The van der Waals surface area contributed by atoms with Crippen molar-refractivity contribution in [1.29, 1.82) is 0 Å². The molecule has 1 aliphatic rings. The maximum Gasteiger partial charge on any atom is 0.224 e. The van der Waals surface area contributed by atoms with E-state index in [0.717, 1.165) is 37.7 Å². The van der Waals surface area contributed by atoms with E-state index in [1.54, 1.807) is 0 Å². The maximum atomic E-state index is 11.9. The van der Waals surface area contributed by atoms with Crippen molar-refractivity contribution in [1.82, 2.24) is 0 Å². The number of aliphatic hydroxyl groups is 1. The Morgan fingerprint density at radius 1 is 1.25 bits per heavy atom. The molecule has 0 saturated carbocycles. The lowest BCUT2D eigenvalue weighted by Gasteiger charge is -2.30. The van der Waals surface area contributed by atoms with Crippen molar-refractivity contribution in [2.45, 2.75) is 19.3 Å². The Morgan fingerprint density at radius 2 is 2.00 bits per heavy atom. The highest BCUT2D eigenvalue weighted by atomic mass is 16.5. The zero-order valence-corrected chi connectivity index (χ0v) is 11.7. The minimum atomic E-state index is -0.000778. The number of carbonyl (C=O) groups excluding carboxylic acids is 1. The Balaban J connectivity index is 1.98. The van der Waals surface area contributed by atoms with Gasteiger partial charge in [-0.3, -0.25) is 4.79 Å². The molecule has 0 aliphatic carbocycles. The van der Waals surface area contributed by atoms with E-state index in [4.69, 9.17) is 9.84 Å². The van der Waals surface area contributed by atoms with Crippen LogP contribution >= 0.6 is 0 Å². The van der Waals surface area contributed by atoms with Gasteiger partial charge in [-0.2, -0.15) is 0 Å². The number of hydrogen-bond acceptors (Lipinski definition) is 4. The normalized spacial score (nSPS) is 15.2. The topological polar surface area (TPSA) is 61.8 Å². The molecule has 2 N–H and O–H groups in total. The second kappa shape index (κ2) is 7.87. The van der Waals surface area contributed by atoms with Crippen molar-refractivity contribution in [2.75, 3.05) is 43.1 Å². The predicted octanol–water partition coefficient (Wildman–Crippen LogP) is 1.62. The van der Waals surface area contributed by atoms with Gasteiger partial charge in [-0.05, 0) is 25.0 Å². The summed E-state index contributed by atoms with van der Waals surface area (Å²) >= 11 is 0. The van der Waals surface area contributed by atoms with Gasteiger partial charge in [0.2, 0.25) is 5.91 Å². The zero-order valence-electron chi connectivity index (χ0n) is 11.7. The minimum Gasteiger partial charge on any atom is -0.396 e. The van der Waals surface area contributed by atoms with Crippen molar-refractivity contribution in [3.63, 3.8) is 0 Å². The van der Waals surface area contributed by atoms with E-state index in [9.17, 15) is 4.79 Å². The van der Waals surface area contributed by atoms with Crippen LogP contribution in [0.1, 0.15) is 19.3 Å². The molecule has 0 spiro atoms. The molecule has 110 valence electrons. The van der Waals surface area contributed by atoms with Crippen molar-refractivity contribution in [3.05, 3.63) is 24.3 Å². The molecule has 5 heteroatoms. The largest absolute Gasteiger partial charge is 0.396 e. The van der Waals surface area contributed by atoms with Crippen LogP contribution in [0.5, 0.6) is 0 Å². The average molecular weight is 278 g/mol. The van der Waals surface area contributed by atoms with E-state index in [1.807, 2.05) is 24.3 Å². The van der Waals surface area contributed by atoms with Gasteiger partial charge in [0.25, 0.3) is 0 Å². The second-order valence-electron chi connectivity index (χ2n) is 4.85. The Hall–Kier alpha value is -1.59. The molecule has 1 aromatic carbocycles. The summed E-state index contributed by atoms with van der Waals surface area (Å²) in [6.45, 7) is 3.27. The highest BCUT2D eigenvalue weighted by Crippen LogP contribution is 2.26. The molecule has 0 unspecified atom stereocenters. The number of carbonyl (C=O) groups is 1. The Kier molecular flexibility index (Phi) is 5.83. The lowest BCUT2D eigenvalue weighted by atomic mass is 10.2. The summed E-state index contributed by atoms with van der Waals surface area (Å²) in [5.74, 6) is -0.000778. The fraction of sp³-hybridized carbons (Fsp3) is 0.533. The van der Waals surface area contributed by atoms with Gasteiger partial charge in [-0.1, -0.05) is 12.1 Å². The molecule has 1 amide bonds. The maximum absolute atomic E-state index is 11.9. The third kappa shape index (κ3) is 4.21. The zero-order chi connectivity index (χ0) is 14.2. The standard InChI is InChI=1S/C15H22N2O3/c18-10-4-3-7-15(19)16-13-5-1-2-6-14(13)17-8-11-20-12-9-17/h1-2,5-6,18H,3-4,7-12H2,(H,16,19). The molecule has 1 fully saturated rings. The number of morpholine rings is 1. The number of unbranched alkanes of at least 4 members (excludes halogenated alkanes) is 1. The van der Waals surface area contributed by atoms with Crippen LogP contribution in [0.2, 0.25) is 0 Å². The number of anilines is 2. The lowest BCUT2D eigenvalue weighted by Crippen LogP contribution is -2.36. The summed E-state index contributed by atoms with van der Waals surface area (Å²) in [5.41, 5.74) is 1.90.